The average molecular weight is 395 g/mol. The van der Waals surface area contributed by atoms with Crippen molar-refractivity contribution in [2.24, 2.45) is 0 Å². The number of alkyl halides is 6. The Kier molecular flexibility index (Phi) is 5.35. The number of sulfonamides is 1. The van der Waals surface area contributed by atoms with Gasteiger partial charge in [0.25, 0.3) is 5.60 Å². The number of ether oxygens (including phenoxy) is 1. The highest BCUT2D eigenvalue weighted by molar-refractivity contribution is 7.92. The monoisotopic (exact) mass is 395 g/mol. The van der Waals surface area contributed by atoms with Crippen molar-refractivity contribution in [2.75, 3.05) is 18.1 Å². The largest absolute Gasteiger partial charge is 0.465 e. The summed E-state index contributed by atoms with van der Waals surface area (Å²) >= 11 is 0. The van der Waals surface area contributed by atoms with Gasteiger partial charge in [0.15, 0.2) is 0 Å². The minimum Gasteiger partial charge on any atom is -0.465 e. The molecule has 1 aromatic rings. The Labute approximate surface area is 137 Å². The molecule has 2 N–H and O–H groups in total. The lowest BCUT2D eigenvalue weighted by atomic mass is 9.90. The predicted molar refractivity (Wildman–Crippen MR) is 72.3 cm³/mol. The summed E-state index contributed by atoms with van der Waals surface area (Å²) in [6.07, 6.45) is -11.7. The molecule has 0 aliphatic rings. The molecule has 0 saturated heterocycles. The molecule has 0 heterocycles. The first-order chi connectivity index (χ1) is 11.0. The number of carbonyl (C=O) groups excluding carboxylic acids is 1. The van der Waals surface area contributed by atoms with E-state index >= 15 is 0 Å². The van der Waals surface area contributed by atoms with Crippen molar-refractivity contribution in [3.63, 3.8) is 0 Å². The minimum atomic E-state index is -6.16. The van der Waals surface area contributed by atoms with E-state index in [9.17, 15) is 44.7 Å². The van der Waals surface area contributed by atoms with Crippen LogP contribution in [0.15, 0.2) is 18.2 Å². The fraction of sp³-hybridized carbons (Fsp3) is 0.417. The first-order valence-corrected chi connectivity index (χ1v) is 8.00. The second-order valence-electron chi connectivity index (χ2n) is 4.83. The first kappa shape index (κ1) is 21.0. The Bertz CT molecular complexity index is 757. The first-order valence-electron chi connectivity index (χ1n) is 6.11. The van der Waals surface area contributed by atoms with Gasteiger partial charge in [-0.1, -0.05) is 6.07 Å². The standard InChI is InChI=1S/C12H11F6NO5S/c1-24-9(20)7-5-6(3-4-8(7)19-25(2,22)23)10(21,11(13,14)15)12(16,17)18/h3-5,19,21H,1-2H3. The SMILES string of the molecule is COC(=O)c1cc(C(O)(C(F)(F)F)C(F)(F)F)ccc1NS(C)(=O)=O. The number of carbonyl (C=O) groups is 1. The van der Waals surface area contributed by atoms with Crippen LogP contribution < -0.4 is 4.72 Å². The van der Waals surface area contributed by atoms with Crippen LogP contribution in [0.3, 0.4) is 0 Å². The van der Waals surface area contributed by atoms with Crippen molar-refractivity contribution in [3.8, 4) is 0 Å². The molecule has 0 aromatic heterocycles. The van der Waals surface area contributed by atoms with Gasteiger partial charge in [0.1, 0.15) is 0 Å². The second kappa shape index (κ2) is 6.37. The van der Waals surface area contributed by atoms with Crippen LogP contribution in [0.2, 0.25) is 0 Å². The Morgan fingerprint density at radius 3 is 1.96 bits per heavy atom. The summed E-state index contributed by atoms with van der Waals surface area (Å²) in [6.45, 7) is 0. The summed E-state index contributed by atoms with van der Waals surface area (Å²) in [7, 11) is -3.23. The molecule has 6 nitrogen and oxygen atoms in total. The van der Waals surface area contributed by atoms with Gasteiger partial charge in [-0.3, -0.25) is 4.72 Å². The third kappa shape index (κ3) is 4.15. The van der Waals surface area contributed by atoms with Crippen molar-refractivity contribution >= 4 is 21.7 Å². The molecule has 0 saturated carbocycles. The van der Waals surface area contributed by atoms with Crippen molar-refractivity contribution < 1.29 is 49.4 Å². The van der Waals surface area contributed by atoms with Crippen molar-refractivity contribution in [1.82, 2.24) is 0 Å². The molecule has 0 radical (unpaired) electrons. The van der Waals surface area contributed by atoms with Crippen LogP contribution in [0.25, 0.3) is 0 Å². The number of anilines is 1. The molecular formula is C12H11F6NO5S. The zero-order chi connectivity index (χ0) is 19.8. The van der Waals surface area contributed by atoms with Crippen molar-refractivity contribution in [1.29, 1.82) is 0 Å². The van der Waals surface area contributed by atoms with Crippen molar-refractivity contribution in [3.05, 3.63) is 29.3 Å². The Balaban J connectivity index is 3.70. The molecule has 1 rings (SSSR count). The van der Waals surface area contributed by atoms with E-state index in [-0.39, 0.29) is 12.1 Å². The maximum atomic E-state index is 12.9. The molecule has 1 aromatic carbocycles. The van der Waals surface area contributed by atoms with E-state index in [1.54, 1.807) is 4.72 Å². The van der Waals surface area contributed by atoms with Crippen LogP contribution >= 0.6 is 0 Å². The molecule has 0 bridgehead atoms. The highest BCUT2D eigenvalue weighted by atomic mass is 32.2. The van der Waals surface area contributed by atoms with Crippen LogP contribution in [-0.4, -0.2) is 45.2 Å². The lowest BCUT2D eigenvalue weighted by Crippen LogP contribution is -2.54. The molecule has 0 aliphatic heterocycles. The van der Waals surface area contributed by atoms with E-state index in [2.05, 4.69) is 4.74 Å². The van der Waals surface area contributed by atoms with Crippen LogP contribution in [0.5, 0.6) is 0 Å². The zero-order valence-corrected chi connectivity index (χ0v) is 13.3. The summed E-state index contributed by atoms with van der Waals surface area (Å²) in [5.74, 6) is -1.42. The molecule has 0 atom stereocenters. The van der Waals surface area contributed by atoms with E-state index in [0.29, 0.717) is 12.3 Å². The molecule has 25 heavy (non-hydrogen) atoms. The van der Waals surface area contributed by atoms with E-state index in [4.69, 9.17) is 0 Å². The molecule has 13 heteroatoms. The number of methoxy groups -OCH3 is 1. The lowest BCUT2D eigenvalue weighted by molar-refractivity contribution is -0.376. The van der Waals surface area contributed by atoms with Crippen LogP contribution in [0.4, 0.5) is 32.0 Å². The predicted octanol–water partition coefficient (Wildman–Crippen LogP) is 2.16. The molecule has 0 unspecified atom stereocenters. The number of hydrogen-bond acceptors (Lipinski definition) is 5. The molecular weight excluding hydrogens is 384 g/mol. The molecule has 0 aliphatic carbocycles. The van der Waals surface area contributed by atoms with Gasteiger partial charge in [0, 0.05) is 5.56 Å². The van der Waals surface area contributed by atoms with Gasteiger partial charge in [-0.2, -0.15) is 26.3 Å². The fourth-order valence-electron chi connectivity index (χ4n) is 1.82. The average Bonchev–Trinajstić information content (AvgIpc) is 2.42. The van der Waals surface area contributed by atoms with E-state index in [1.165, 1.54) is 0 Å². The summed E-state index contributed by atoms with van der Waals surface area (Å²) < 4.78 is 106. The number of rotatable bonds is 4. The lowest BCUT2D eigenvalue weighted by Gasteiger charge is -2.33. The number of hydrogen-bond donors (Lipinski definition) is 2. The van der Waals surface area contributed by atoms with Gasteiger partial charge in [0.05, 0.1) is 24.6 Å². The topological polar surface area (TPSA) is 92.7 Å². The maximum Gasteiger partial charge on any atom is 0.430 e. The number of esters is 1. The van der Waals surface area contributed by atoms with Crippen LogP contribution in [-0.2, 0) is 20.4 Å². The number of nitrogens with one attached hydrogen (secondary N) is 1. The van der Waals surface area contributed by atoms with Gasteiger partial charge in [-0.05, 0) is 12.1 Å². The molecule has 0 amide bonds. The Morgan fingerprint density at radius 2 is 1.60 bits per heavy atom. The van der Waals surface area contributed by atoms with Gasteiger partial charge in [-0.15, -0.1) is 0 Å². The zero-order valence-electron chi connectivity index (χ0n) is 12.5. The summed E-state index contributed by atoms with van der Waals surface area (Å²) in [5, 5.41) is 9.32. The van der Waals surface area contributed by atoms with E-state index in [1.807, 2.05) is 0 Å². The summed E-state index contributed by atoms with van der Waals surface area (Å²) in [4.78, 5) is 11.6. The highest BCUT2D eigenvalue weighted by Gasteiger charge is 2.71. The van der Waals surface area contributed by atoms with Gasteiger partial charge in [-0.25, -0.2) is 13.2 Å². The van der Waals surface area contributed by atoms with E-state index in [0.717, 1.165) is 7.11 Å². The van der Waals surface area contributed by atoms with Gasteiger partial charge < -0.3 is 9.84 Å². The third-order valence-electron chi connectivity index (χ3n) is 2.96. The Hall–Kier alpha value is -2.02. The highest BCUT2D eigenvalue weighted by Crippen LogP contribution is 2.50. The third-order valence-corrected chi connectivity index (χ3v) is 3.55. The van der Waals surface area contributed by atoms with Crippen LogP contribution in [0.1, 0.15) is 15.9 Å². The van der Waals surface area contributed by atoms with Crippen molar-refractivity contribution in [2.45, 2.75) is 18.0 Å². The maximum absolute atomic E-state index is 12.9. The summed E-state index contributed by atoms with van der Waals surface area (Å²) in [5.41, 5.74) is -8.57. The normalized spacial score (nSPS) is 13.5. The van der Waals surface area contributed by atoms with Gasteiger partial charge >= 0.3 is 18.3 Å². The number of halogens is 6. The molecule has 0 spiro atoms. The minimum absolute atomic E-state index is 0.0559. The number of aliphatic hydroxyl groups is 1. The number of benzene rings is 1. The Morgan fingerprint density at radius 1 is 1.12 bits per heavy atom. The quantitative estimate of drug-likeness (QED) is 0.602. The second-order valence-corrected chi connectivity index (χ2v) is 6.58. The molecule has 0 fully saturated rings. The molecule has 142 valence electrons. The van der Waals surface area contributed by atoms with E-state index < -0.39 is 50.8 Å². The van der Waals surface area contributed by atoms with Gasteiger partial charge in [0.2, 0.25) is 10.0 Å². The fourth-order valence-corrected chi connectivity index (χ4v) is 2.40. The summed E-state index contributed by atoms with van der Waals surface area (Å²) in [6, 6.07) is 0.729. The smallest absolute Gasteiger partial charge is 0.430 e. The van der Waals surface area contributed by atoms with Crippen LogP contribution in [0, 0.1) is 0 Å².